The molecule has 1 unspecified atom stereocenters. The fraction of sp³-hybridized carbons (Fsp3) is 0.167. The van der Waals surface area contributed by atoms with E-state index in [0.717, 1.165) is 6.20 Å². The van der Waals surface area contributed by atoms with E-state index >= 15 is 0 Å². The number of halogens is 1. The molecule has 0 spiro atoms. The molecule has 0 saturated carbocycles. The van der Waals surface area contributed by atoms with Gasteiger partial charge in [0.25, 0.3) is 0 Å². The first-order valence-corrected chi connectivity index (χ1v) is 6.01. The Hall–Kier alpha value is -2.81. The van der Waals surface area contributed by atoms with Gasteiger partial charge in [-0.3, -0.25) is 15.5 Å². The lowest BCUT2D eigenvalue weighted by Crippen LogP contribution is -2.14. The van der Waals surface area contributed by atoms with Crippen molar-refractivity contribution in [1.82, 2.24) is 9.97 Å². The normalized spacial score (nSPS) is 11.8. The van der Waals surface area contributed by atoms with Crippen molar-refractivity contribution < 1.29 is 9.31 Å². The van der Waals surface area contributed by atoms with Gasteiger partial charge in [0, 0.05) is 0 Å². The van der Waals surface area contributed by atoms with E-state index in [4.69, 9.17) is 5.84 Å². The van der Waals surface area contributed by atoms with Crippen LogP contribution in [0.2, 0.25) is 0 Å². The zero-order chi connectivity index (χ0) is 15.4. The van der Waals surface area contributed by atoms with E-state index in [9.17, 15) is 14.5 Å². The van der Waals surface area contributed by atoms with Gasteiger partial charge in [-0.25, -0.2) is 15.2 Å². The second-order valence-electron chi connectivity index (χ2n) is 4.25. The van der Waals surface area contributed by atoms with Crippen molar-refractivity contribution in [3.8, 4) is 0 Å². The maximum atomic E-state index is 13.2. The molecule has 0 aliphatic carbocycles. The molecule has 2 rings (SSSR count). The van der Waals surface area contributed by atoms with E-state index in [0.29, 0.717) is 5.56 Å². The van der Waals surface area contributed by atoms with Crippen LogP contribution < -0.4 is 16.6 Å². The first kappa shape index (κ1) is 14.6. The van der Waals surface area contributed by atoms with E-state index < -0.39 is 4.92 Å². The van der Waals surface area contributed by atoms with Crippen molar-refractivity contribution in [2.75, 3.05) is 10.7 Å². The average molecular weight is 292 g/mol. The highest BCUT2D eigenvalue weighted by atomic mass is 19.1. The largest absolute Gasteiger partial charge is 0.358 e. The number of hydrazine groups is 1. The number of rotatable bonds is 5. The van der Waals surface area contributed by atoms with Crippen molar-refractivity contribution in [2.24, 2.45) is 5.84 Å². The highest BCUT2D eigenvalue weighted by molar-refractivity contribution is 5.57. The van der Waals surface area contributed by atoms with Gasteiger partial charge in [0.1, 0.15) is 12.0 Å². The zero-order valence-electron chi connectivity index (χ0n) is 11.1. The molecule has 0 radical (unpaired) electrons. The van der Waals surface area contributed by atoms with Gasteiger partial charge in [-0.2, -0.15) is 4.98 Å². The van der Waals surface area contributed by atoms with Crippen LogP contribution in [0.15, 0.2) is 30.5 Å². The lowest BCUT2D eigenvalue weighted by molar-refractivity contribution is -0.384. The predicted octanol–water partition coefficient (Wildman–Crippen LogP) is 1.98. The van der Waals surface area contributed by atoms with Gasteiger partial charge >= 0.3 is 5.69 Å². The molecule has 0 amide bonds. The Morgan fingerprint density at radius 2 is 2.24 bits per heavy atom. The number of nitrogens with one attached hydrogen (secondary N) is 2. The Labute approximate surface area is 119 Å². The minimum atomic E-state index is -0.610. The molecule has 0 aliphatic heterocycles. The molecule has 1 atom stereocenters. The Morgan fingerprint density at radius 1 is 1.48 bits per heavy atom. The first-order valence-electron chi connectivity index (χ1n) is 6.01. The fourth-order valence-corrected chi connectivity index (χ4v) is 1.75. The van der Waals surface area contributed by atoms with E-state index in [2.05, 4.69) is 20.7 Å². The molecule has 9 heteroatoms. The summed E-state index contributed by atoms with van der Waals surface area (Å²) in [6, 6.07) is 5.53. The molecule has 0 bridgehead atoms. The highest BCUT2D eigenvalue weighted by Gasteiger charge is 2.19. The number of nitrogens with two attached hydrogens (primary N) is 1. The van der Waals surface area contributed by atoms with Gasteiger partial charge in [0.2, 0.25) is 11.8 Å². The van der Waals surface area contributed by atoms with Crippen molar-refractivity contribution in [1.29, 1.82) is 0 Å². The summed E-state index contributed by atoms with van der Waals surface area (Å²) in [4.78, 5) is 17.9. The van der Waals surface area contributed by atoms with Crippen LogP contribution in [-0.2, 0) is 0 Å². The van der Waals surface area contributed by atoms with Crippen LogP contribution in [0.1, 0.15) is 18.5 Å². The first-order chi connectivity index (χ1) is 10.0. The predicted molar refractivity (Wildman–Crippen MR) is 74.9 cm³/mol. The quantitative estimate of drug-likeness (QED) is 0.438. The van der Waals surface area contributed by atoms with Gasteiger partial charge in [0.05, 0.1) is 11.0 Å². The third kappa shape index (κ3) is 3.39. The summed E-state index contributed by atoms with van der Waals surface area (Å²) in [6.07, 6.45) is 1.04. The summed E-state index contributed by atoms with van der Waals surface area (Å²) < 4.78 is 13.2. The topological polar surface area (TPSA) is 119 Å². The Morgan fingerprint density at radius 3 is 2.86 bits per heavy atom. The third-order valence-corrected chi connectivity index (χ3v) is 2.80. The smallest absolute Gasteiger partial charge is 0.329 e. The summed E-state index contributed by atoms with van der Waals surface area (Å²) in [5.74, 6) is 4.83. The minimum absolute atomic E-state index is 0.000267. The zero-order valence-corrected chi connectivity index (χ0v) is 11.1. The van der Waals surface area contributed by atoms with E-state index in [1.165, 1.54) is 12.1 Å². The molecule has 0 aliphatic rings. The number of hydrogen-bond acceptors (Lipinski definition) is 7. The number of hydrogen-bond donors (Lipinski definition) is 3. The number of nitro groups is 1. The van der Waals surface area contributed by atoms with Crippen LogP contribution >= 0.6 is 0 Å². The van der Waals surface area contributed by atoms with E-state index in [-0.39, 0.29) is 29.3 Å². The molecular formula is C12H13FN6O2. The van der Waals surface area contributed by atoms with Crippen molar-refractivity contribution in [3.63, 3.8) is 0 Å². The molecule has 1 aromatic carbocycles. The molecule has 2 aromatic rings. The highest BCUT2D eigenvalue weighted by Crippen LogP contribution is 2.26. The molecule has 110 valence electrons. The standard InChI is InChI=1S/C12H13FN6O2/c1-7(8-3-2-4-9(13)5-8)16-11-10(19(20)21)6-15-12(17-11)18-14/h2-7H,14H2,1H3,(H2,15,16,17,18). The molecule has 8 nitrogen and oxygen atoms in total. The second-order valence-corrected chi connectivity index (χ2v) is 4.25. The van der Waals surface area contributed by atoms with Crippen LogP contribution in [0.25, 0.3) is 0 Å². The van der Waals surface area contributed by atoms with Gasteiger partial charge in [-0.05, 0) is 24.6 Å². The third-order valence-electron chi connectivity index (χ3n) is 2.80. The van der Waals surface area contributed by atoms with Gasteiger partial charge in [0.15, 0.2) is 0 Å². The van der Waals surface area contributed by atoms with Gasteiger partial charge < -0.3 is 5.32 Å². The fourth-order valence-electron chi connectivity index (χ4n) is 1.75. The Kier molecular flexibility index (Phi) is 4.24. The maximum Gasteiger partial charge on any atom is 0.329 e. The molecule has 1 aromatic heterocycles. The molecule has 21 heavy (non-hydrogen) atoms. The van der Waals surface area contributed by atoms with Crippen LogP contribution in [0.4, 0.5) is 21.8 Å². The van der Waals surface area contributed by atoms with Crippen molar-refractivity contribution in [3.05, 3.63) is 52.0 Å². The van der Waals surface area contributed by atoms with Crippen LogP contribution in [0, 0.1) is 15.9 Å². The number of nitrogens with zero attached hydrogens (tertiary/aromatic N) is 3. The monoisotopic (exact) mass is 292 g/mol. The van der Waals surface area contributed by atoms with Crippen LogP contribution in [0.3, 0.4) is 0 Å². The number of anilines is 2. The summed E-state index contributed by atoms with van der Waals surface area (Å²) in [5.41, 5.74) is 2.55. The van der Waals surface area contributed by atoms with Crippen molar-refractivity contribution in [2.45, 2.75) is 13.0 Å². The lowest BCUT2D eigenvalue weighted by atomic mass is 10.1. The molecular weight excluding hydrogens is 279 g/mol. The van der Waals surface area contributed by atoms with Gasteiger partial charge in [-0.15, -0.1) is 0 Å². The summed E-state index contributed by atoms with van der Waals surface area (Å²) in [6.45, 7) is 1.73. The molecule has 0 saturated heterocycles. The number of nitrogen functional groups attached to an aromatic ring is 1. The summed E-state index contributed by atoms with van der Waals surface area (Å²) in [5, 5.41) is 13.8. The van der Waals surface area contributed by atoms with E-state index in [1.807, 2.05) is 0 Å². The average Bonchev–Trinajstić information content (AvgIpc) is 2.46. The number of benzene rings is 1. The SMILES string of the molecule is CC(Nc1nc(NN)ncc1[N+](=O)[O-])c1cccc(F)c1. The second kappa shape index (κ2) is 6.09. The summed E-state index contributed by atoms with van der Waals surface area (Å²) >= 11 is 0. The molecule has 0 fully saturated rings. The summed E-state index contributed by atoms with van der Waals surface area (Å²) in [7, 11) is 0. The minimum Gasteiger partial charge on any atom is -0.358 e. The Balaban J connectivity index is 2.31. The lowest BCUT2D eigenvalue weighted by Gasteiger charge is -2.15. The molecule has 4 N–H and O–H groups in total. The molecule has 1 heterocycles. The van der Waals surface area contributed by atoms with Crippen LogP contribution in [-0.4, -0.2) is 14.9 Å². The Bertz CT molecular complexity index is 666. The van der Waals surface area contributed by atoms with Crippen LogP contribution in [0.5, 0.6) is 0 Å². The number of aromatic nitrogens is 2. The van der Waals surface area contributed by atoms with Crippen molar-refractivity contribution >= 4 is 17.5 Å². The van der Waals surface area contributed by atoms with Gasteiger partial charge in [-0.1, -0.05) is 12.1 Å². The van der Waals surface area contributed by atoms with E-state index in [1.54, 1.807) is 19.1 Å². The maximum absolute atomic E-state index is 13.2.